The lowest BCUT2D eigenvalue weighted by Gasteiger charge is -2.13. The Morgan fingerprint density at radius 3 is 2.77 bits per heavy atom. The number of unbranched alkanes of at least 4 members (excludes halogenated alkanes) is 5. The first kappa shape index (κ1) is 19.1. The summed E-state index contributed by atoms with van der Waals surface area (Å²) >= 11 is 0. The molecule has 1 fully saturated rings. The Labute approximate surface area is 152 Å². The van der Waals surface area contributed by atoms with Crippen molar-refractivity contribution in [2.45, 2.75) is 76.7 Å². The SMILES string of the molecule is CCCCCCCCc1cc2cn(C3CC(O)C(CO)O3)c(=O)nc2o1. The molecule has 1 saturated heterocycles. The van der Waals surface area contributed by atoms with Gasteiger partial charge in [0.25, 0.3) is 0 Å². The lowest BCUT2D eigenvalue weighted by atomic mass is 10.1. The molecule has 7 nitrogen and oxygen atoms in total. The van der Waals surface area contributed by atoms with Crippen LogP contribution in [0.3, 0.4) is 0 Å². The third kappa shape index (κ3) is 4.34. The maximum Gasteiger partial charge on any atom is 0.353 e. The minimum Gasteiger partial charge on any atom is -0.443 e. The monoisotopic (exact) mass is 364 g/mol. The summed E-state index contributed by atoms with van der Waals surface area (Å²) in [6, 6.07) is 1.92. The first-order valence-corrected chi connectivity index (χ1v) is 9.58. The molecule has 0 amide bonds. The molecular weight excluding hydrogens is 336 g/mol. The number of fused-ring (bicyclic) bond motifs is 1. The second-order valence-electron chi connectivity index (χ2n) is 7.04. The van der Waals surface area contributed by atoms with Crippen LogP contribution in [0.4, 0.5) is 0 Å². The summed E-state index contributed by atoms with van der Waals surface area (Å²) in [6.45, 7) is 1.93. The quantitative estimate of drug-likeness (QED) is 0.664. The molecule has 2 aromatic heterocycles. The molecule has 0 radical (unpaired) electrons. The van der Waals surface area contributed by atoms with Gasteiger partial charge in [0.15, 0.2) is 0 Å². The summed E-state index contributed by atoms with van der Waals surface area (Å²) in [5.41, 5.74) is -0.141. The van der Waals surface area contributed by atoms with Crippen LogP contribution in [0.2, 0.25) is 0 Å². The van der Waals surface area contributed by atoms with Crippen molar-refractivity contribution < 1.29 is 19.4 Å². The molecule has 2 N–H and O–H groups in total. The average Bonchev–Trinajstić information content (AvgIpc) is 3.19. The zero-order chi connectivity index (χ0) is 18.5. The predicted molar refractivity (Wildman–Crippen MR) is 97.0 cm³/mol. The van der Waals surface area contributed by atoms with Crippen LogP contribution in [0.15, 0.2) is 21.5 Å². The first-order valence-electron chi connectivity index (χ1n) is 9.58. The van der Waals surface area contributed by atoms with Gasteiger partial charge >= 0.3 is 5.69 Å². The average molecular weight is 364 g/mol. The van der Waals surface area contributed by atoms with Crippen LogP contribution in [-0.2, 0) is 11.2 Å². The van der Waals surface area contributed by atoms with Crippen molar-refractivity contribution in [1.29, 1.82) is 0 Å². The topological polar surface area (TPSA) is 97.7 Å². The van der Waals surface area contributed by atoms with Crippen LogP contribution in [0.5, 0.6) is 0 Å². The molecule has 3 rings (SSSR count). The largest absolute Gasteiger partial charge is 0.443 e. The van der Waals surface area contributed by atoms with E-state index in [4.69, 9.17) is 9.15 Å². The summed E-state index contributed by atoms with van der Waals surface area (Å²) < 4.78 is 12.6. The van der Waals surface area contributed by atoms with Crippen molar-refractivity contribution in [3.8, 4) is 0 Å². The van der Waals surface area contributed by atoms with Gasteiger partial charge in [0.1, 0.15) is 18.1 Å². The number of aromatic nitrogens is 2. The Balaban J connectivity index is 1.66. The maximum absolute atomic E-state index is 12.3. The van der Waals surface area contributed by atoms with Gasteiger partial charge < -0.3 is 19.4 Å². The van der Waals surface area contributed by atoms with Crippen LogP contribution in [0.1, 0.15) is 63.9 Å². The molecule has 0 saturated carbocycles. The summed E-state index contributed by atoms with van der Waals surface area (Å²) in [5.74, 6) is 0.834. The molecule has 3 heterocycles. The Morgan fingerprint density at radius 2 is 2.04 bits per heavy atom. The van der Waals surface area contributed by atoms with Gasteiger partial charge in [0.05, 0.1) is 18.1 Å². The van der Waals surface area contributed by atoms with E-state index in [1.807, 2.05) is 6.07 Å². The highest BCUT2D eigenvalue weighted by Gasteiger charge is 2.35. The lowest BCUT2D eigenvalue weighted by Crippen LogP contribution is -2.27. The molecule has 26 heavy (non-hydrogen) atoms. The van der Waals surface area contributed by atoms with E-state index >= 15 is 0 Å². The second kappa shape index (κ2) is 8.79. The minimum absolute atomic E-state index is 0.251. The van der Waals surface area contributed by atoms with E-state index < -0.39 is 24.1 Å². The van der Waals surface area contributed by atoms with Crippen molar-refractivity contribution in [3.63, 3.8) is 0 Å². The van der Waals surface area contributed by atoms with E-state index in [0.29, 0.717) is 5.71 Å². The lowest BCUT2D eigenvalue weighted by molar-refractivity contribution is -0.0457. The molecule has 3 atom stereocenters. The Bertz CT molecular complexity index is 769. The predicted octanol–water partition coefficient (Wildman–Crippen LogP) is 2.53. The summed E-state index contributed by atoms with van der Waals surface area (Å²) in [7, 11) is 0. The summed E-state index contributed by atoms with van der Waals surface area (Å²) in [5, 5.41) is 19.8. The molecule has 1 aliphatic heterocycles. The number of ether oxygens (including phenoxy) is 1. The van der Waals surface area contributed by atoms with E-state index in [0.717, 1.165) is 24.0 Å². The number of hydrogen-bond donors (Lipinski definition) is 2. The zero-order valence-electron chi connectivity index (χ0n) is 15.3. The van der Waals surface area contributed by atoms with Crippen molar-refractivity contribution >= 4 is 11.1 Å². The number of aryl methyl sites for hydroxylation is 1. The molecule has 0 spiro atoms. The van der Waals surface area contributed by atoms with Crippen molar-refractivity contribution in [2.75, 3.05) is 6.61 Å². The number of aliphatic hydroxyl groups is 2. The Kier molecular flexibility index (Phi) is 6.45. The Morgan fingerprint density at radius 1 is 1.27 bits per heavy atom. The summed E-state index contributed by atoms with van der Waals surface area (Å²) in [6.07, 6.45) is 7.95. The normalized spacial score (nSPS) is 23.1. The molecule has 2 aromatic rings. The van der Waals surface area contributed by atoms with E-state index in [2.05, 4.69) is 11.9 Å². The van der Waals surface area contributed by atoms with Crippen molar-refractivity contribution in [1.82, 2.24) is 9.55 Å². The molecule has 0 aromatic carbocycles. The van der Waals surface area contributed by atoms with Gasteiger partial charge in [-0.25, -0.2) is 4.79 Å². The number of nitrogens with zero attached hydrogens (tertiary/aromatic N) is 2. The molecule has 3 unspecified atom stereocenters. The third-order valence-electron chi connectivity index (χ3n) is 4.96. The van der Waals surface area contributed by atoms with Crippen molar-refractivity contribution in [2.24, 2.45) is 0 Å². The third-order valence-corrected chi connectivity index (χ3v) is 4.96. The highest BCUT2D eigenvalue weighted by atomic mass is 16.5. The fourth-order valence-corrected chi connectivity index (χ4v) is 3.44. The van der Waals surface area contributed by atoms with Crippen LogP contribution in [-0.4, -0.2) is 38.6 Å². The highest BCUT2D eigenvalue weighted by molar-refractivity contribution is 5.72. The van der Waals surface area contributed by atoms with Crippen LogP contribution < -0.4 is 5.69 Å². The van der Waals surface area contributed by atoms with E-state index in [9.17, 15) is 15.0 Å². The zero-order valence-corrected chi connectivity index (χ0v) is 15.3. The van der Waals surface area contributed by atoms with Gasteiger partial charge in [-0.2, -0.15) is 4.98 Å². The molecule has 7 heteroatoms. The van der Waals surface area contributed by atoms with Crippen molar-refractivity contribution in [3.05, 3.63) is 28.5 Å². The molecule has 1 aliphatic rings. The minimum atomic E-state index is -0.791. The molecule has 0 aliphatic carbocycles. The van der Waals surface area contributed by atoms with E-state index in [1.54, 1.807) is 6.20 Å². The van der Waals surface area contributed by atoms with Crippen LogP contribution in [0.25, 0.3) is 11.1 Å². The smallest absolute Gasteiger partial charge is 0.353 e. The number of hydrogen-bond acceptors (Lipinski definition) is 6. The summed E-state index contributed by atoms with van der Waals surface area (Å²) in [4.78, 5) is 16.3. The fourth-order valence-electron chi connectivity index (χ4n) is 3.44. The fraction of sp³-hybridized carbons (Fsp3) is 0.684. The van der Waals surface area contributed by atoms with Gasteiger partial charge in [0, 0.05) is 19.0 Å². The molecule has 0 bridgehead atoms. The highest BCUT2D eigenvalue weighted by Crippen LogP contribution is 2.28. The van der Waals surface area contributed by atoms with Crippen LogP contribution >= 0.6 is 0 Å². The second-order valence-corrected chi connectivity index (χ2v) is 7.04. The maximum atomic E-state index is 12.3. The van der Waals surface area contributed by atoms with Crippen LogP contribution in [0, 0.1) is 0 Å². The number of rotatable bonds is 9. The molecular formula is C19H28N2O5. The standard InChI is InChI=1S/C19H28N2O5/c1-2-3-4-5-6-7-8-14-9-13-11-21(19(24)20-18(13)25-14)17-10-15(23)16(12-22)26-17/h9,11,15-17,22-23H,2-8,10,12H2,1H3. The van der Waals surface area contributed by atoms with Gasteiger partial charge in [0.2, 0.25) is 5.71 Å². The Hall–Kier alpha value is -1.70. The first-order chi connectivity index (χ1) is 12.6. The van der Waals surface area contributed by atoms with Gasteiger partial charge in [-0.05, 0) is 12.5 Å². The van der Waals surface area contributed by atoms with Gasteiger partial charge in [-0.1, -0.05) is 39.0 Å². The van der Waals surface area contributed by atoms with Gasteiger partial charge in [-0.3, -0.25) is 4.57 Å². The van der Waals surface area contributed by atoms with E-state index in [1.165, 1.54) is 36.7 Å². The molecule has 144 valence electrons. The van der Waals surface area contributed by atoms with Gasteiger partial charge in [-0.15, -0.1) is 0 Å². The number of furan rings is 1. The number of aliphatic hydroxyl groups excluding tert-OH is 2. The van der Waals surface area contributed by atoms with E-state index in [-0.39, 0.29) is 13.0 Å².